The molecule has 0 spiro atoms. The second-order valence-electron chi connectivity index (χ2n) is 4.31. The van der Waals surface area contributed by atoms with Crippen molar-refractivity contribution in [1.29, 1.82) is 0 Å². The van der Waals surface area contributed by atoms with Crippen LogP contribution in [0.15, 0.2) is 0 Å². The highest BCUT2D eigenvalue weighted by molar-refractivity contribution is 4.88. The Morgan fingerprint density at radius 1 is 1.00 bits per heavy atom. The van der Waals surface area contributed by atoms with Gasteiger partial charge in [0.25, 0.3) is 0 Å². The van der Waals surface area contributed by atoms with E-state index in [9.17, 15) is 0 Å². The van der Waals surface area contributed by atoms with Gasteiger partial charge in [-0.25, -0.2) is 0 Å². The summed E-state index contributed by atoms with van der Waals surface area (Å²) >= 11 is 0. The molecule has 1 N–H and O–H groups in total. The maximum atomic E-state index is 9.01. The van der Waals surface area contributed by atoms with Gasteiger partial charge >= 0.3 is 0 Å². The smallest absolute Gasteiger partial charge is 0.0459 e. The monoisotopic (exact) mass is 154 g/mol. The Morgan fingerprint density at radius 2 is 1.82 bits per heavy atom. The van der Waals surface area contributed by atoms with E-state index in [1.54, 1.807) is 0 Å². The second kappa shape index (κ2) is 3.14. The van der Waals surface area contributed by atoms with E-state index < -0.39 is 0 Å². The lowest BCUT2D eigenvalue weighted by Gasteiger charge is -2.16. The zero-order chi connectivity index (χ0) is 7.68. The minimum Gasteiger partial charge on any atom is -0.396 e. The fourth-order valence-electron chi connectivity index (χ4n) is 2.46. The van der Waals surface area contributed by atoms with Crippen molar-refractivity contribution < 1.29 is 5.11 Å². The van der Waals surface area contributed by atoms with Gasteiger partial charge in [-0.3, -0.25) is 0 Å². The summed E-state index contributed by atoms with van der Waals surface area (Å²) in [7, 11) is 0. The van der Waals surface area contributed by atoms with Gasteiger partial charge < -0.3 is 5.11 Å². The summed E-state index contributed by atoms with van der Waals surface area (Å²) in [6, 6.07) is 0. The van der Waals surface area contributed by atoms with Crippen LogP contribution in [0.5, 0.6) is 0 Å². The first-order valence-corrected chi connectivity index (χ1v) is 5.01. The maximum Gasteiger partial charge on any atom is 0.0459 e. The predicted octanol–water partition coefficient (Wildman–Crippen LogP) is 2.20. The highest BCUT2D eigenvalue weighted by Crippen LogP contribution is 2.47. The lowest BCUT2D eigenvalue weighted by atomic mass is 9.92. The van der Waals surface area contributed by atoms with Gasteiger partial charge in [0.1, 0.15) is 0 Å². The molecule has 0 bridgehead atoms. The summed E-state index contributed by atoms with van der Waals surface area (Å²) in [4.78, 5) is 0. The molecule has 1 heteroatoms. The Morgan fingerprint density at radius 3 is 2.64 bits per heavy atom. The highest BCUT2D eigenvalue weighted by atomic mass is 16.3. The standard InChI is InChI=1S/C10H18O/c11-7-8-2-1-3-9-6-10(9)5-4-8/h8-11H,1-7H2/t8-,9-,10+/m0/s1. The molecule has 0 heterocycles. The van der Waals surface area contributed by atoms with Gasteiger partial charge in [-0.05, 0) is 43.4 Å². The highest BCUT2D eigenvalue weighted by Gasteiger charge is 2.37. The van der Waals surface area contributed by atoms with E-state index in [1.807, 2.05) is 0 Å². The number of hydrogen-bond donors (Lipinski definition) is 1. The van der Waals surface area contributed by atoms with Crippen LogP contribution < -0.4 is 0 Å². The first-order chi connectivity index (χ1) is 5.40. The van der Waals surface area contributed by atoms with Crippen molar-refractivity contribution in [2.75, 3.05) is 6.61 Å². The van der Waals surface area contributed by atoms with E-state index in [0.717, 1.165) is 11.8 Å². The third kappa shape index (κ3) is 1.76. The molecule has 3 atom stereocenters. The lowest BCUT2D eigenvalue weighted by molar-refractivity contribution is 0.197. The summed E-state index contributed by atoms with van der Waals surface area (Å²) in [5.41, 5.74) is 0. The van der Waals surface area contributed by atoms with Crippen molar-refractivity contribution in [1.82, 2.24) is 0 Å². The molecule has 0 aliphatic heterocycles. The molecular formula is C10H18O. The molecule has 1 nitrogen and oxygen atoms in total. The number of aliphatic hydroxyl groups excluding tert-OH is 1. The van der Waals surface area contributed by atoms with Crippen molar-refractivity contribution in [3.05, 3.63) is 0 Å². The van der Waals surface area contributed by atoms with Crippen LogP contribution in [0.25, 0.3) is 0 Å². The number of rotatable bonds is 1. The molecule has 0 unspecified atom stereocenters. The molecule has 2 aliphatic carbocycles. The van der Waals surface area contributed by atoms with E-state index in [-0.39, 0.29) is 0 Å². The molecule has 0 aromatic carbocycles. The molecular weight excluding hydrogens is 136 g/mol. The summed E-state index contributed by atoms with van der Waals surface area (Å²) < 4.78 is 0. The molecule has 11 heavy (non-hydrogen) atoms. The molecule has 2 fully saturated rings. The van der Waals surface area contributed by atoms with Crippen LogP contribution >= 0.6 is 0 Å². The normalized spacial score (nSPS) is 43.9. The van der Waals surface area contributed by atoms with Gasteiger partial charge in [0.2, 0.25) is 0 Å². The van der Waals surface area contributed by atoms with E-state index in [0.29, 0.717) is 12.5 Å². The Labute approximate surface area is 68.8 Å². The van der Waals surface area contributed by atoms with Gasteiger partial charge in [-0.2, -0.15) is 0 Å². The van der Waals surface area contributed by atoms with E-state index >= 15 is 0 Å². The molecule has 0 saturated heterocycles. The average Bonchev–Trinajstić information content (AvgIpc) is 2.68. The zero-order valence-electron chi connectivity index (χ0n) is 7.13. The minimum absolute atomic E-state index is 0.428. The van der Waals surface area contributed by atoms with Gasteiger partial charge in [0, 0.05) is 6.61 Å². The molecule has 2 rings (SSSR count). The van der Waals surface area contributed by atoms with Crippen LogP contribution in [0.4, 0.5) is 0 Å². The van der Waals surface area contributed by atoms with Crippen molar-refractivity contribution in [2.24, 2.45) is 17.8 Å². The van der Waals surface area contributed by atoms with Crippen molar-refractivity contribution >= 4 is 0 Å². The number of hydrogen-bond acceptors (Lipinski definition) is 1. The van der Waals surface area contributed by atoms with Crippen molar-refractivity contribution in [3.63, 3.8) is 0 Å². The SMILES string of the molecule is OC[C@H]1CCC[C@H]2C[C@H]2CC1. The summed E-state index contributed by atoms with van der Waals surface area (Å²) in [6.45, 7) is 0.428. The quantitative estimate of drug-likeness (QED) is 0.614. The number of fused-ring (bicyclic) bond motifs is 1. The average molecular weight is 154 g/mol. The fourth-order valence-corrected chi connectivity index (χ4v) is 2.46. The molecule has 64 valence electrons. The van der Waals surface area contributed by atoms with Crippen LogP contribution in [0.2, 0.25) is 0 Å². The van der Waals surface area contributed by atoms with Crippen molar-refractivity contribution in [3.8, 4) is 0 Å². The van der Waals surface area contributed by atoms with Crippen LogP contribution in [0.1, 0.15) is 38.5 Å². The van der Waals surface area contributed by atoms with Gasteiger partial charge in [0.15, 0.2) is 0 Å². The predicted molar refractivity (Wildman–Crippen MR) is 45.3 cm³/mol. The van der Waals surface area contributed by atoms with Crippen LogP contribution in [0, 0.1) is 17.8 Å². The van der Waals surface area contributed by atoms with Gasteiger partial charge in [-0.15, -0.1) is 0 Å². The molecule has 0 amide bonds. The number of aliphatic hydroxyl groups is 1. The Balaban J connectivity index is 1.80. The van der Waals surface area contributed by atoms with Gasteiger partial charge in [-0.1, -0.05) is 12.8 Å². The summed E-state index contributed by atoms with van der Waals surface area (Å²) in [5.74, 6) is 2.79. The molecule has 2 aliphatic rings. The second-order valence-corrected chi connectivity index (χ2v) is 4.31. The van der Waals surface area contributed by atoms with Gasteiger partial charge in [0.05, 0.1) is 0 Å². The minimum atomic E-state index is 0.428. The van der Waals surface area contributed by atoms with Crippen molar-refractivity contribution in [2.45, 2.75) is 38.5 Å². The molecule has 0 radical (unpaired) electrons. The van der Waals surface area contributed by atoms with E-state index in [4.69, 9.17) is 5.11 Å². The lowest BCUT2D eigenvalue weighted by Crippen LogP contribution is -2.08. The van der Waals surface area contributed by atoms with E-state index in [2.05, 4.69) is 0 Å². The molecule has 0 aromatic heterocycles. The Bertz CT molecular complexity index is 133. The van der Waals surface area contributed by atoms with Crippen LogP contribution in [-0.2, 0) is 0 Å². The zero-order valence-corrected chi connectivity index (χ0v) is 7.13. The third-order valence-corrected chi connectivity index (χ3v) is 3.46. The fraction of sp³-hybridized carbons (Fsp3) is 1.00. The molecule has 0 aromatic rings. The topological polar surface area (TPSA) is 20.2 Å². The first-order valence-electron chi connectivity index (χ1n) is 5.01. The van der Waals surface area contributed by atoms with Crippen LogP contribution in [-0.4, -0.2) is 11.7 Å². The first kappa shape index (κ1) is 7.60. The van der Waals surface area contributed by atoms with E-state index in [1.165, 1.54) is 38.5 Å². The maximum absolute atomic E-state index is 9.01. The summed E-state index contributed by atoms with van der Waals surface area (Å²) in [6.07, 6.45) is 8.28. The van der Waals surface area contributed by atoms with Crippen LogP contribution in [0.3, 0.4) is 0 Å². The Hall–Kier alpha value is -0.0400. The third-order valence-electron chi connectivity index (χ3n) is 3.46. The summed E-state index contributed by atoms with van der Waals surface area (Å²) in [5, 5.41) is 9.01. The molecule has 2 saturated carbocycles. The Kier molecular flexibility index (Phi) is 2.17. The largest absolute Gasteiger partial charge is 0.396 e.